The molecule has 0 radical (unpaired) electrons. The first kappa shape index (κ1) is 10.7. The largest absolute Gasteiger partial charge is 0.478 e. The Morgan fingerprint density at radius 2 is 2.21 bits per heavy atom. The van der Waals surface area contributed by atoms with E-state index >= 15 is 0 Å². The van der Waals surface area contributed by atoms with Crippen molar-refractivity contribution in [2.24, 2.45) is 5.73 Å². The summed E-state index contributed by atoms with van der Waals surface area (Å²) in [5.74, 6) is -0.908. The minimum Gasteiger partial charge on any atom is -0.478 e. The molecule has 0 heterocycles. The monoisotopic (exact) mass is 193 g/mol. The summed E-state index contributed by atoms with van der Waals surface area (Å²) < 4.78 is 0. The molecule has 0 bridgehead atoms. The van der Waals surface area contributed by atoms with Crippen LogP contribution in [-0.4, -0.2) is 11.1 Å². The van der Waals surface area contributed by atoms with Gasteiger partial charge in [0.25, 0.3) is 0 Å². The first-order valence-corrected chi connectivity index (χ1v) is 4.65. The lowest BCUT2D eigenvalue weighted by Gasteiger charge is -2.13. The highest BCUT2D eigenvalue weighted by atomic mass is 16.4. The number of rotatable bonds is 3. The van der Waals surface area contributed by atoms with Crippen molar-refractivity contribution in [1.82, 2.24) is 0 Å². The van der Waals surface area contributed by atoms with Crippen molar-refractivity contribution in [3.63, 3.8) is 0 Å². The molecule has 0 aromatic heterocycles. The summed E-state index contributed by atoms with van der Waals surface area (Å²) >= 11 is 0. The van der Waals surface area contributed by atoms with Crippen LogP contribution in [0.3, 0.4) is 0 Å². The number of benzene rings is 1. The Hall–Kier alpha value is -1.35. The molecule has 0 fully saturated rings. The smallest absolute Gasteiger partial charge is 0.335 e. The van der Waals surface area contributed by atoms with Crippen LogP contribution < -0.4 is 5.73 Å². The number of aromatic carboxylic acids is 1. The van der Waals surface area contributed by atoms with Crippen LogP contribution in [-0.2, 0) is 0 Å². The fraction of sp³-hybridized carbons (Fsp3) is 0.364. The maximum absolute atomic E-state index is 10.7. The highest BCUT2D eigenvalue weighted by molar-refractivity contribution is 5.87. The summed E-state index contributed by atoms with van der Waals surface area (Å²) in [5, 5.41) is 8.81. The number of nitrogens with two attached hydrogens (primary N) is 1. The van der Waals surface area contributed by atoms with E-state index < -0.39 is 5.97 Å². The fourth-order valence-electron chi connectivity index (χ4n) is 1.39. The number of carbonyl (C=O) groups is 1. The summed E-state index contributed by atoms with van der Waals surface area (Å²) in [5.41, 5.74) is 8.14. The van der Waals surface area contributed by atoms with Crippen molar-refractivity contribution in [2.45, 2.75) is 26.3 Å². The average molecular weight is 193 g/mol. The van der Waals surface area contributed by atoms with Gasteiger partial charge >= 0.3 is 5.97 Å². The Bertz CT molecular complexity index is 347. The van der Waals surface area contributed by atoms with Gasteiger partial charge in [-0.15, -0.1) is 0 Å². The number of hydrogen-bond donors (Lipinski definition) is 2. The maximum atomic E-state index is 10.7. The van der Waals surface area contributed by atoms with Crippen LogP contribution >= 0.6 is 0 Å². The van der Waals surface area contributed by atoms with Crippen molar-refractivity contribution in [2.75, 3.05) is 0 Å². The Labute approximate surface area is 83.6 Å². The molecule has 1 rings (SSSR count). The van der Waals surface area contributed by atoms with Crippen LogP contribution in [0.2, 0.25) is 0 Å². The molecular formula is C11H15NO2. The van der Waals surface area contributed by atoms with Crippen LogP contribution in [0.1, 0.15) is 40.9 Å². The van der Waals surface area contributed by atoms with E-state index in [1.807, 2.05) is 13.8 Å². The zero-order valence-corrected chi connectivity index (χ0v) is 8.45. The number of carboxylic acids is 1. The lowest BCUT2D eigenvalue weighted by Crippen LogP contribution is -2.11. The second-order valence-corrected chi connectivity index (χ2v) is 3.39. The predicted octanol–water partition coefficient (Wildman–Crippen LogP) is 2.10. The molecule has 0 amide bonds. The van der Waals surface area contributed by atoms with Crippen LogP contribution in [0, 0.1) is 6.92 Å². The Morgan fingerprint density at radius 3 is 2.71 bits per heavy atom. The summed E-state index contributed by atoms with van der Waals surface area (Å²) in [6.45, 7) is 3.92. The van der Waals surface area contributed by atoms with Crippen molar-refractivity contribution >= 4 is 5.97 Å². The zero-order valence-electron chi connectivity index (χ0n) is 8.45. The predicted molar refractivity (Wildman–Crippen MR) is 55.4 cm³/mol. The van der Waals surface area contributed by atoms with Gasteiger partial charge in [-0.05, 0) is 36.6 Å². The number of aryl methyl sites for hydroxylation is 1. The summed E-state index contributed by atoms with van der Waals surface area (Å²) in [6, 6.07) is 4.98. The van der Waals surface area contributed by atoms with Crippen molar-refractivity contribution in [3.8, 4) is 0 Å². The molecule has 1 aromatic rings. The third kappa shape index (κ3) is 2.12. The van der Waals surface area contributed by atoms with Crippen LogP contribution in [0.25, 0.3) is 0 Å². The molecule has 0 unspecified atom stereocenters. The minimum atomic E-state index is -0.908. The van der Waals surface area contributed by atoms with Gasteiger partial charge in [0.1, 0.15) is 0 Å². The third-order valence-electron chi connectivity index (χ3n) is 2.37. The molecule has 0 saturated heterocycles. The SMILES string of the molecule is CC[C@H](N)c1cc(C(=O)O)ccc1C. The molecule has 0 aliphatic rings. The van der Waals surface area contributed by atoms with E-state index in [0.717, 1.165) is 17.5 Å². The van der Waals surface area contributed by atoms with Crippen LogP contribution in [0.4, 0.5) is 0 Å². The van der Waals surface area contributed by atoms with E-state index in [2.05, 4.69) is 0 Å². The van der Waals surface area contributed by atoms with E-state index in [0.29, 0.717) is 5.56 Å². The fourth-order valence-corrected chi connectivity index (χ4v) is 1.39. The molecule has 14 heavy (non-hydrogen) atoms. The molecule has 3 N–H and O–H groups in total. The van der Waals surface area contributed by atoms with Crippen LogP contribution in [0.5, 0.6) is 0 Å². The molecule has 1 atom stereocenters. The van der Waals surface area contributed by atoms with Crippen molar-refractivity contribution < 1.29 is 9.90 Å². The first-order chi connectivity index (χ1) is 6.56. The van der Waals surface area contributed by atoms with Crippen molar-refractivity contribution in [3.05, 3.63) is 34.9 Å². The molecule has 0 saturated carbocycles. The van der Waals surface area contributed by atoms with Gasteiger partial charge in [-0.1, -0.05) is 13.0 Å². The van der Waals surface area contributed by atoms with Gasteiger partial charge in [-0.25, -0.2) is 4.79 Å². The lowest BCUT2D eigenvalue weighted by molar-refractivity contribution is 0.0696. The second kappa shape index (κ2) is 4.24. The van der Waals surface area contributed by atoms with Gasteiger partial charge in [0, 0.05) is 6.04 Å². The molecule has 0 aliphatic carbocycles. The van der Waals surface area contributed by atoms with Crippen LogP contribution in [0.15, 0.2) is 18.2 Å². The highest BCUT2D eigenvalue weighted by Gasteiger charge is 2.10. The topological polar surface area (TPSA) is 63.3 Å². The van der Waals surface area contributed by atoms with E-state index in [1.54, 1.807) is 18.2 Å². The highest BCUT2D eigenvalue weighted by Crippen LogP contribution is 2.19. The van der Waals surface area contributed by atoms with Gasteiger partial charge < -0.3 is 10.8 Å². The summed E-state index contributed by atoms with van der Waals surface area (Å²) in [7, 11) is 0. The van der Waals surface area contributed by atoms with E-state index in [1.165, 1.54) is 0 Å². The minimum absolute atomic E-state index is 0.0747. The van der Waals surface area contributed by atoms with Gasteiger partial charge in [0.15, 0.2) is 0 Å². The standard InChI is InChI=1S/C11H15NO2/c1-3-10(12)9-6-8(11(13)14)5-4-7(9)2/h4-6,10H,3,12H2,1-2H3,(H,13,14)/t10-/m0/s1. The van der Waals surface area contributed by atoms with Gasteiger partial charge in [-0.2, -0.15) is 0 Å². The van der Waals surface area contributed by atoms with Gasteiger partial charge in [0.2, 0.25) is 0 Å². The Kier molecular flexibility index (Phi) is 3.25. The quantitative estimate of drug-likeness (QED) is 0.772. The molecule has 1 aromatic carbocycles. The summed E-state index contributed by atoms with van der Waals surface area (Å²) in [4.78, 5) is 10.7. The third-order valence-corrected chi connectivity index (χ3v) is 2.37. The molecular weight excluding hydrogens is 178 g/mol. The molecule has 76 valence electrons. The molecule has 3 nitrogen and oxygen atoms in total. The second-order valence-electron chi connectivity index (χ2n) is 3.39. The van der Waals surface area contributed by atoms with Gasteiger partial charge in [0.05, 0.1) is 5.56 Å². The first-order valence-electron chi connectivity index (χ1n) is 4.65. The number of carboxylic acid groups (broad SMARTS) is 1. The summed E-state index contributed by atoms with van der Waals surface area (Å²) in [6.07, 6.45) is 0.809. The Balaban J connectivity index is 3.14. The van der Waals surface area contributed by atoms with E-state index in [4.69, 9.17) is 10.8 Å². The normalized spacial score (nSPS) is 12.5. The van der Waals surface area contributed by atoms with Gasteiger partial charge in [-0.3, -0.25) is 0 Å². The van der Waals surface area contributed by atoms with Crippen molar-refractivity contribution in [1.29, 1.82) is 0 Å². The maximum Gasteiger partial charge on any atom is 0.335 e. The lowest BCUT2D eigenvalue weighted by atomic mass is 9.97. The van der Waals surface area contributed by atoms with E-state index in [-0.39, 0.29) is 6.04 Å². The average Bonchev–Trinajstić information content (AvgIpc) is 2.17. The molecule has 3 heteroatoms. The molecule has 0 spiro atoms. The zero-order chi connectivity index (χ0) is 10.7. The number of hydrogen-bond acceptors (Lipinski definition) is 2. The Morgan fingerprint density at radius 1 is 1.57 bits per heavy atom. The molecule has 0 aliphatic heterocycles. The van der Waals surface area contributed by atoms with E-state index in [9.17, 15) is 4.79 Å².